The fourth-order valence-electron chi connectivity index (χ4n) is 3.49. The van der Waals surface area contributed by atoms with Crippen LogP contribution >= 0.6 is 0 Å². The zero-order valence-corrected chi connectivity index (χ0v) is 15.1. The van der Waals surface area contributed by atoms with Crippen molar-refractivity contribution in [2.45, 2.75) is 25.4 Å². The first kappa shape index (κ1) is 18.2. The molecule has 0 aliphatic carbocycles. The second kappa shape index (κ2) is 9.17. The number of hydrogen-bond donors (Lipinski definition) is 2. The Hall–Kier alpha value is -1.63. The minimum absolute atomic E-state index is 0.0485. The second-order valence-electron chi connectivity index (χ2n) is 7.02. The number of carbonyl (C=O) groups excluding carboxylic acids is 1. The van der Waals surface area contributed by atoms with Crippen LogP contribution in [0.3, 0.4) is 0 Å². The van der Waals surface area contributed by atoms with Crippen molar-refractivity contribution < 1.29 is 19.2 Å². The molecule has 2 N–H and O–H groups in total. The molecular formula is C19H30N3O3+. The minimum Gasteiger partial charge on any atom is -0.378 e. The predicted octanol–water partition coefficient (Wildman–Crippen LogP) is 0.546. The Kier molecular flexibility index (Phi) is 6.67. The van der Waals surface area contributed by atoms with Gasteiger partial charge in [0.15, 0.2) is 6.54 Å². The predicted molar refractivity (Wildman–Crippen MR) is 98.3 cm³/mol. The van der Waals surface area contributed by atoms with Crippen LogP contribution in [0.5, 0.6) is 0 Å². The molecule has 1 amide bonds. The van der Waals surface area contributed by atoms with Crippen LogP contribution in [0.1, 0.15) is 19.3 Å². The molecule has 2 heterocycles. The second-order valence-corrected chi connectivity index (χ2v) is 7.02. The van der Waals surface area contributed by atoms with Crippen LogP contribution in [0.25, 0.3) is 0 Å². The van der Waals surface area contributed by atoms with E-state index in [0.29, 0.717) is 12.6 Å². The van der Waals surface area contributed by atoms with Gasteiger partial charge >= 0.3 is 0 Å². The number of carbonyl (C=O) groups is 1. The lowest BCUT2D eigenvalue weighted by Gasteiger charge is -2.29. The van der Waals surface area contributed by atoms with Crippen LogP contribution < -0.4 is 15.1 Å². The van der Waals surface area contributed by atoms with E-state index in [9.17, 15) is 4.79 Å². The summed E-state index contributed by atoms with van der Waals surface area (Å²) in [6.07, 6.45) is 3.81. The van der Waals surface area contributed by atoms with Gasteiger partial charge < -0.3 is 24.6 Å². The monoisotopic (exact) mass is 348 g/mol. The molecule has 2 aliphatic rings. The summed E-state index contributed by atoms with van der Waals surface area (Å²) in [5.41, 5.74) is 2.03. The lowest BCUT2D eigenvalue weighted by molar-refractivity contribution is -0.874. The summed E-state index contributed by atoms with van der Waals surface area (Å²) >= 11 is 0. The van der Waals surface area contributed by atoms with Crippen LogP contribution in [-0.2, 0) is 14.3 Å². The van der Waals surface area contributed by atoms with Crippen molar-refractivity contribution in [3.05, 3.63) is 24.3 Å². The maximum absolute atomic E-state index is 12.3. The summed E-state index contributed by atoms with van der Waals surface area (Å²) in [6.45, 7) is 5.61. The summed E-state index contributed by atoms with van der Waals surface area (Å²) in [6, 6.07) is 8.07. The first-order valence-electron chi connectivity index (χ1n) is 9.36. The number of nitrogens with zero attached hydrogens (tertiary/aromatic N) is 1. The molecule has 6 nitrogen and oxygen atoms in total. The number of morpholine rings is 1. The zero-order valence-electron chi connectivity index (χ0n) is 15.1. The number of quaternary nitrogens is 1. The fourth-order valence-corrected chi connectivity index (χ4v) is 3.49. The normalized spacial score (nSPS) is 22.4. The highest BCUT2D eigenvalue weighted by Crippen LogP contribution is 2.18. The third-order valence-electron chi connectivity index (χ3n) is 4.84. The molecule has 6 heteroatoms. The molecule has 1 aromatic rings. The van der Waals surface area contributed by atoms with E-state index in [1.54, 1.807) is 0 Å². The van der Waals surface area contributed by atoms with Crippen LogP contribution in [-0.4, -0.2) is 65.1 Å². The van der Waals surface area contributed by atoms with Crippen molar-refractivity contribution >= 4 is 17.3 Å². The molecule has 25 heavy (non-hydrogen) atoms. The van der Waals surface area contributed by atoms with Crippen molar-refractivity contribution in [1.82, 2.24) is 0 Å². The Balaban J connectivity index is 1.43. The van der Waals surface area contributed by atoms with Gasteiger partial charge in [0.05, 0.1) is 20.3 Å². The standard InChI is InChI=1S/C19H29N3O3/c1-21(14-18-4-2-3-11-25-18)15-19(23)20-16-5-7-17(8-6-16)22-9-12-24-13-10-22/h5-8,18H,2-4,9-15H2,1H3,(H,20,23)/p+1/t18-/m0/s1. The zero-order chi connectivity index (χ0) is 17.5. The number of hydrogen-bond acceptors (Lipinski definition) is 4. The van der Waals surface area contributed by atoms with Gasteiger partial charge in [-0.25, -0.2) is 0 Å². The molecule has 1 unspecified atom stereocenters. The first-order chi connectivity index (χ1) is 12.2. The Morgan fingerprint density at radius 1 is 1.20 bits per heavy atom. The highest BCUT2D eigenvalue weighted by molar-refractivity contribution is 5.91. The molecule has 0 aromatic heterocycles. The number of rotatable bonds is 6. The number of benzene rings is 1. The Labute approximate surface area is 150 Å². The molecule has 0 spiro atoms. The Morgan fingerprint density at radius 3 is 2.64 bits per heavy atom. The van der Waals surface area contributed by atoms with E-state index in [1.165, 1.54) is 17.0 Å². The van der Waals surface area contributed by atoms with Gasteiger partial charge in [-0.15, -0.1) is 0 Å². The van der Waals surface area contributed by atoms with E-state index >= 15 is 0 Å². The molecule has 138 valence electrons. The molecule has 2 fully saturated rings. The van der Waals surface area contributed by atoms with Crippen LogP contribution in [0.2, 0.25) is 0 Å². The highest BCUT2D eigenvalue weighted by atomic mass is 16.5. The molecule has 0 saturated carbocycles. The summed E-state index contributed by atoms with van der Waals surface area (Å²) < 4.78 is 11.1. The topological polar surface area (TPSA) is 55.2 Å². The average Bonchev–Trinajstić information content (AvgIpc) is 2.63. The lowest BCUT2D eigenvalue weighted by atomic mass is 10.1. The van der Waals surface area contributed by atoms with Gasteiger partial charge in [0.25, 0.3) is 5.91 Å². The smallest absolute Gasteiger partial charge is 0.279 e. The van der Waals surface area contributed by atoms with Crippen molar-refractivity contribution in [1.29, 1.82) is 0 Å². The van der Waals surface area contributed by atoms with Crippen molar-refractivity contribution in [3.8, 4) is 0 Å². The Bertz CT molecular complexity index is 537. The molecule has 2 atom stereocenters. The number of ether oxygens (including phenoxy) is 2. The number of amides is 1. The Morgan fingerprint density at radius 2 is 1.96 bits per heavy atom. The van der Waals surface area contributed by atoms with E-state index in [2.05, 4.69) is 29.4 Å². The third-order valence-corrected chi connectivity index (χ3v) is 4.84. The maximum Gasteiger partial charge on any atom is 0.279 e. The number of anilines is 2. The van der Waals surface area contributed by atoms with Crippen LogP contribution in [0.15, 0.2) is 24.3 Å². The van der Waals surface area contributed by atoms with E-state index < -0.39 is 0 Å². The van der Waals surface area contributed by atoms with Crippen molar-refractivity contribution in [2.75, 3.05) is 63.3 Å². The molecular weight excluding hydrogens is 318 g/mol. The average molecular weight is 348 g/mol. The van der Waals surface area contributed by atoms with Gasteiger partial charge in [0.1, 0.15) is 12.6 Å². The van der Waals surface area contributed by atoms with Gasteiger partial charge in [-0.1, -0.05) is 0 Å². The highest BCUT2D eigenvalue weighted by Gasteiger charge is 2.20. The molecule has 0 radical (unpaired) electrons. The van der Waals surface area contributed by atoms with Gasteiger partial charge in [-0.3, -0.25) is 4.79 Å². The van der Waals surface area contributed by atoms with Crippen LogP contribution in [0, 0.1) is 0 Å². The van der Waals surface area contributed by atoms with Gasteiger partial charge in [0.2, 0.25) is 0 Å². The largest absolute Gasteiger partial charge is 0.378 e. The first-order valence-corrected chi connectivity index (χ1v) is 9.36. The maximum atomic E-state index is 12.3. The summed E-state index contributed by atoms with van der Waals surface area (Å²) in [5.74, 6) is 0.0485. The van der Waals surface area contributed by atoms with Gasteiger partial charge in [0, 0.05) is 31.1 Å². The third kappa shape index (κ3) is 5.70. The van der Waals surface area contributed by atoms with E-state index in [4.69, 9.17) is 9.47 Å². The minimum atomic E-state index is 0.0485. The molecule has 2 aliphatic heterocycles. The van der Waals surface area contributed by atoms with Crippen LogP contribution in [0.4, 0.5) is 11.4 Å². The molecule has 1 aromatic carbocycles. The van der Waals surface area contributed by atoms with Gasteiger partial charge in [-0.05, 0) is 43.5 Å². The molecule has 0 bridgehead atoms. The quantitative estimate of drug-likeness (QED) is 0.788. The summed E-state index contributed by atoms with van der Waals surface area (Å²) in [7, 11) is 2.05. The van der Waals surface area contributed by atoms with Gasteiger partial charge in [-0.2, -0.15) is 0 Å². The summed E-state index contributed by atoms with van der Waals surface area (Å²) in [4.78, 5) is 15.7. The number of nitrogens with one attached hydrogen (secondary N) is 2. The fraction of sp³-hybridized carbons (Fsp3) is 0.632. The van der Waals surface area contributed by atoms with E-state index in [0.717, 1.165) is 58.0 Å². The number of likely N-dealkylation sites (N-methyl/N-ethyl adjacent to an activating group) is 1. The van der Waals surface area contributed by atoms with E-state index in [1.807, 2.05) is 12.1 Å². The van der Waals surface area contributed by atoms with E-state index in [-0.39, 0.29) is 5.91 Å². The lowest BCUT2D eigenvalue weighted by Crippen LogP contribution is -3.11. The van der Waals surface area contributed by atoms with Crippen molar-refractivity contribution in [2.24, 2.45) is 0 Å². The summed E-state index contributed by atoms with van der Waals surface area (Å²) in [5, 5.41) is 3.00. The SMILES string of the molecule is C[NH+](CC(=O)Nc1ccc(N2CCOCC2)cc1)C[C@@H]1CCCCO1. The molecule has 3 rings (SSSR count). The van der Waals surface area contributed by atoms with Crippen molar-refractivity contribution in [3.63, 3.8) is 0 Å². The molecule has 2 saturated heterocycles.